The van der Waals surface area contributed by atoms with Crippen molar-refractivity contribution in [2.75, 3.05) is 0 Å². The normalized spacial score (nSPS) is 13.6. The molecule has 7 aromatic carbocycles. The van der Waals surface area contributed by atoms with E-state index in [1.54, 1.807) is 0 Å². The van der Waals surface area contributed by atoms with Gasteiger partial charge in [-0.1, -0.05) is 170 Å². The van der Waals surface area contributed by atoms with Gasteiger partial charge >= 0.3 is 0 Å². The molecule has 0 aliphatic heterocycles. The summed E-state index contributed by atoms with van der Waals surface area (Å²) in [5.74, 6) is 0. The highest BCUT2D eigenvalue weighted by Crippen LogP contribution is 2.63. The molecule has 0 unspecified atom stereocenters. The van der Waals surface area contributed by atoms with Gasteiger partial charge in [-0.2, -0.15) is 0 Å². The van der Waals surface area contributed by atoms with Crippen LogP contribution in [0.4, 0.5) is 0 Å². The van der Waals surface area contributed by atoms with Crippen molar-refractivity contribution >= 4 is 23.1 Å². The molecule has 0 saturated carbocycles. The molecule has 0 aromatic heterocycles. The summed E-state index contributed by atoms with van der Waals surface area (Å²) >= 11 is 0. The van der Waals surface area contributed by atoms with Gasteiger partial charge in [-0.25, -0.2) is 0 Å². The summed E-state index contributed by atoms with van der Waals surface area (Å²) in [5.41, 5.74) is 12.5. The van der Waals surface area contributed by atoms with Gasteiger partial charge in [0, 0.05) is 15.9 Å². The molecule has 2 aliphatic carbocycles. The second-order valence-electron chi connectivity index (χ2n) is 12.0. The molecule has 0 fully saturated rings. The minimum absolute atomic E-state index is 0.370. The average molecular weight is 593 g/mol. The fourth-order valence-electron chi connectivity index (χ4n) is 7.86. The van der Waals surface area contributed by atoms with Crippen LogP contribution in [0.2, 0.25) is 0 Å². The van der Waals surface area contributed by atoms with E-state index in [0.29, 0.717) is 0 Å². The molecule has 45 heavy (non-hydrogen) atoms. The second kappa shape index (κ2) is 9.89. The Labute approximate surface area is 263 Å². The smallest absolute Gasteiger partial charge is 0.171 e. The van der Waals surface area contributed by atoms with Gasteiger partial charge in [0.1, 0.15) is 0 Å². The molecule has 2 heteroatoms. The lowest BCUT2D eigenvalue weighted by Gasteiger charge is -2.30. The summed E-state index contributed by atoms with van der Waals surface area (Å²) in [6, 6.07) is 61.8. The van der Waals surface area contributed by atoms with Crippen molar-refractivity contribution in [3.05, 3.63) is 198 Å². The van der Waals surface area contributed by atoms with E-state index in [1.165, 1.54) is 44.5 Å². The molecule has 0 radical (unpaired) electrons. The highest BCUT2D eigenvalue weighted by molar-refractivity contribution is 7.85. The van der Waals surface area contributed by atoms with Crippen LogP contribution in [0.1, 0.15) is 22.3 Å². The molecule has 0 heterocycles. The highest BCUT2D eigenvalue weighted by Gasteiger charge is 2.51. The number of benzene rings is 7. The van der Waals surface area contributed by atoms with Crippen LogP contribution in [-0.2, 0) is 9.98 Å². The molecule has 0 bridgehead atoms. The average Bonchev–Trinajstić information content (AvgIpc) is 3.59. The first-order chi connectivity index (χ1) is 22.2. The molecule has 9 rings (SSSR count). The van der Waals surface area contributed by atoms with Gasteiger partial charge in [0.05, 0.1) is 5.41 Å². The number of hydrogen-bond acceptors (Lipinski definition) is 1. The molecule has 212 valence electrons. The zero-order valence-electron chi connectivity index (χ0n) is 24.6. The maximum atomic E-state index is 14.9. The van der Waals surface area contributed by atoms with Crippen molar-refractivity contribution in [3.8, 4) is 33.4 Å². The van der Waals surface area contributed by atoms with E-state index >= 15 is 0 Å². The first-order valence-electron chi connectivity index (χ1n) is 15.5. The molecular formula is C43H29OP. The minimum Gasteiger partial charge on any atom is -0.309 e. The fraction of sp³-hybridized carbons (Fsp3) is 0.0233. The second-order valence-corrected chi connectivity index (χ2v) is 14.7. The summed E-state index contributed by atoms with van der Waals surface area (Å²) in [6.45, 7) is 0. The van der Waals surface area contributed by atoms with Gasteiger partial charge in [0.25, 0.3) is 0 Å². The van der Waals surface area contributed by atoms with E-state index in [1.807, 2.05) is 60.7 Å². The monoisotopic (exact) mass is 592 g/mol. The maximum absolute atomic E-state index is 14.9. The number of fused-ring (bicyclic) bond motifs is 10. The molecule has 7 aromatic rings. The van der Waals surface area contributed by atoms with E-state index in [9.17, 15) is 4.57 Å². The van der Waals surface area contributed by atoms with Crippen molar-refractivity contribution in [3.63, 3.8) is 0 Å². The Kier molecular flexibility index (Phi) is 5.76. The highest BCUT2D eigenvalue weighted by atomic mass is 31.2. The number of rotatable bonds is 4. The molecule has 0 atom stereocenters. The quantitative estimate of drug-likeness (QED) is 0.186. The van der Waals surface area contributed by atoms with E-state index < -0.39 is 7.14 Å². The number of hydrogen-bond donors (Lipinski definition) is 0. The summed E-state index contributed by atoms with van der Waals surface area (Å²) in [5, 5.41) is 2.53. The van der Waals surface area contributed by atoms with E-state index in [4.69, 9.17) is 0 Å². The van der Waals surface area contributed by atoms with Crippen LogP contribution in [0.3, 0.4) is 0 Å². The SMILES string of the molecule is O=P(c1ccccc1)(c1ccccc1)c1ccc(-c2ccc3c(c2)C2(c4ccccc4-c4ccccc42)c2ccccc2-3)cc1. The molecule has 1 spiro atoms. The first-order valence-corrected chi connectivity index (χ1v) is 17.2. The van der Waals surface area contributed by atoms with Gasteiger partial charge in [-0.05, 0) is 61.7 Å². The van der Waals surface area contributed by atoms with Crippen molar-refractivity contribution in [2.24, 2.45) is 0 Å². The van der Waals surface area contributed by atoms with Crippen LogP contribution in [0.25, 0.3) is 33.4 Å². The van der Waals surface area contributed by atoms with Gasteiger partial charge < -0.3 is 4.57 Å². The Hall–Kier alpha value is -5.23. The largest absolute Gasteiger partial charge is 0.309 e. The van der Waals surface area contributed by atoms with Crippen molar-refractivity contribution in [2.45, 2.75) is 5.41 Å². The van der Waals surface area contributed by atoms with Gasteiger partial charge in [0.15, 0.2) is 7.14 Å². The lowest BCUT2D eigenvalue weighted by atomic mass is 9.70. The summed E-state index contributed by atoms with van der Waals surface area (Å²) in [7, 11) is -3.04. The van der Waals surface area contributed by atoms with Crippen LogP contribution in [0.15, 0.2) is 176 Å². The summed E-state index contributed by atoms with van der Waals surface area (Å²) in [4.78, 5) is 0. The van der Waals surface area contributed by atoms with Crippen molar-refractivity contribution in [1.29, 1.82) is 0 Å². The zero-order chi connectivity index (χ0) is 30.0. The predicted molar refractivity (Wildman–Crippen MR) is 188 cm³/mol. The predicted octanol–water partition coefficient (Wildman–Crippen LogP) is 9.34. The topological polar surface area (TPSA) is 17.1 Å². The maximum Gasteiger partial charge on any atom is 0.171 e. The first kappa shape index (κ1) is 26.2. The molecule has 2 aliphatic rings. The lowest BCUT2D eigenvalue weighted by Crippen LogP contribution is -2.25. The van der Waals surface area contributed by atoms with Crippen molar-refractivity contribution in [1.82, 2.24) is 0 Å². The Balaban J connectivity index is 1.22. The molecule has 1 nitrogen and oxygen atoms in total. The molecule has 0 amide bonds. The Morgan fingerprint density at radius 1 is 0.333 bits per heavy atom. The fourth-order valence-corrected chi connectivity index (χ4v) is 10.5. The molecule has 0 N–H and O–H groups in total. The van der Waals surface area contributed by atoms with E-state index in [2.05, 4.69) is 115 Å². The Morgan fingerprint density at radius 2 is 0.711 bits per heavy atom. The Bertz CT molecular complexity index is 2180. The Morgan fingerprint density at radius 3 is 1.20 bits per heavy atom. The third-order valence-electron chi connectivity index (χ3n) is 9.80. The van der Waals surface area contributed by atoms with Crippen LogP contribution in [0, 0.1) is 0 Å². The van der Waals surface area contributed by atoms with Gasteiger partial charge in [-0.15, -0.1) is 0 Å². The van der Waals surface area contributed by atoms with E-state index in [0.717, 1.165) is 27.0 Å². The van der Waals surface area contributed by atoms with Crippen LogP contribution in [0.5, 0.6) is 0 Å². The lowest BCUT2D eigenvalue weighted by molar-refractivity contribution is 0.592. The van der Waals surface area contributed by atoms with Crippen LogP contribution in [-0.4, -0.2) is 0 Å². The zero-order valence-corrected chi connectivity index (χ0v) is 25.5. The van der Waals surface area contributed by atoms with Crippen molar-refractivity contribution < 1.29 is 4.57 Å². The van der Waals surface area contributed by atoms with Gasteiger partial charge in [0.2, 0.25) is 0 Å². The molecular weight excluding hydrogens is 563 g/mol. The van der Waals surface area contributed by atoms with Crippen LogP contribution < -0.4 is 15.9 Å². The summed E-state index contributed by atoms with van der Waals surface area (Å²) < 4.78 is 14.9. The third kappa shape index (κ3) is 3.59. The summed E-state index contributed by atoms with van der Waals surface area (Å²) in [6.07, 6.45) is 0. The van der Waals surface area contributed by atoms with E-state index in [-0.39, 0.29) is 5.41 Å². The molecule has 0 saturated heterocycles. The third-order valence-corrected chi connectivity index (χ3v) is 12.9. The minimum atomic E-state index is -3.04. The standard InChI is InChI=1S/C43H29OP/c44-45(32-13-3-1-4-14-32,33-15-5-2-6-16-33)34-26-23-30(24-27-34)31-25-28-38-37-19-9-12-22-41(37)43(42(38)29-31)39-20-10-7-17-35(39)36-18-8-11-21-40(36)43/h1-29H. The van der Waals surface area contributed by atoms with Gasteiger partial charge in [-0.3, -0.25) is 0 Å². The van der Waals surface area contributed by atoms with Crippen LogP contribution >= 0.6 is 7.14 Å².